The highest BCUT2D eigenvalue weighted by molar-refractivity contribution is 7.26. The van der Waals surface area contributed by atoms with Gasteiger partial charge in [0, 0.05) is 36.9 Å². The molecule has 0 saturated heterocycles. The predicted molar refractivity (Wildman–Crippen MR) is 207 cm³/mol. The minimum absolute atomic E-state index is 0.110. The molecule has 0 fully saturated rings. The van der Waals surface area contributed by atoms with Crippen LogP contribution >= 0.6 is 11.3 Å². The van der Waals surface area contributed by atoms with Crippen LogP contribution in [0, 0.1) is 0 Å². The van der Waals surface area contributed by atoms with E-state index in [1.807, 2.05) is 0 Å². The highest BCUT2D eigenvalue weighted by Gasteiger charge is 2.17. The Balaban J connectivity index is 1.39. The molecule has 2 heterocycles. The Labute approximate surface area is 324 Å². The molecule has 0 saturated carbocycles. The molecule has 0 unspecified atom stereocenters. The van der Waals surface area contributed by atoms with E-state index in [0.29, 0.717) is 11.3 Å². The molecule has 0 aliphatic rings. The van der Waals surface area contributed by atoms with Crippen molar-refractivity contribution in [1.29, 1.82) is 0 Å². The fourth-order valence-corrected chi connectivity index (χ4v) is 6.48. The zero-order valence-corrected chi connectivity index (χ0v) is 25.1. The summed E-state index contributed by atoms with van der Waals surface area (Å²) in [6.45, 7) is 0. The maximum Gasteiger partial charge on any atom is 0.165 e. The molecule has 0 bridgehead atoms. The highest BCUT2D eigenvalue weighted by Crippen LogP contribution is 2.41. The van der Waals surface area contributed by atoms with Gasteiger partial charge in [-0.25, -0.2) is 15.0 Å². The van der Waals surface area contributed by atoms with Crippen molar-refractivity contribution in [2.45, 2.75) is 0 Å². The first-order valence-electron chi connectivity index (χ1n) is 27.7. The minimum atomic E-state index is -1.06. The summed E-state index contributed by atoms with van der Waals surface area (Å²) < 4.78 is 239. The summed E-state index contributed by atoms with van der Waals surface area (Å²) in [4.78, 5) is 13.2. The van der Waals surface area contributed by atoms with E-state index in [1.54, 1.807) is 0 Å². The summed E-state index contributed by atoms with van der Waals surface area (Å²) in [6, 6.07) is -22.6. The lowest BCUT2D eigenvalue weighted by molar-refractivity contribution is 1.08. The van der Waals surface area contributed by atoms with E-state index in [2.05, 4.69) is 15.0 Å². The Morgan fingerprint density at radius 2 is 1.00 bits per heavy atom. The fourth-order valence-electron chi connectivity index (χ4n) is 5.42. The van der Waals surface area contributed by atoms with E-state index in [-0.39, 0.29) is 20.2 Å². The molecule has 49 heavy (non-hydrogen) atoms. The first-order chi connectivity index (χ1) is 35.5. The van der Waals surface area contributed by atoms with Gasteiger partial charge >= 0.3 is 0 Å². The van der Waals surface area contributed by atoms with Gasteiger partial charge in [0.15, 0.2) is 17.5 Å². The second-order valence-corrected chi connectivity index (χ2v) is 11.3. The van der Waals surface area contributed by atoms with E-state index in [0.717, 1.165) is 0 Å². The third kappa shape index (κ3) is 4.61. The molecule has 0 spiro atoms. The van der Waals surface area contributed by atoms with Crippen LogP contribution in [0.2, 0.25) is 0 Å². The number of fused-ring (bicyclic) bond motifs is 7. The first kappa shape index (κ1) is 12.0. The minimum Gasteiger partial charge on any atom is -0.208 e. The normalized spacial score (nSPS) is 19.4. The second-order valence-electron chi connectivity index (χ2n) is 10.3. The Morgan fingerprint density at radius 1 is 0.388 bits per heavy atom. The van der Waals surface area contributed by atoms with Crippen LogP contribution in [0.4, 0.5) is 0 Å². The van der Waals surface area contributed by atoms with Crippen LogP contribution in [-0.4, -0.2) is 15.0 Å². The molecule has 0 radical (unpaired) electrons. The van der Waals surface area contributed by atoms with Gasteiger partial charge in [-0.1, -0.05) is 145 Å². The molecule has 2 aromatic heterocycles. The molecule has 8 aromatic carbocycles. The number of thiophene rings is 1. The number of hydrogen-bond acceptors (Lipinski definition) is 4. The standard InChI is InChI=1S/C45H27N3S/c1-2-12-30(13-3-1)43-46-44(48-45(47-43)38-19-10-18-37-35-17-8-9-20-40(35)49-42(37)38)31-23-21-29(22-24-31)41-34-16-7-5-14-32(34)27-39-33-15-6-4-11-28(33)25-26-36(39)41/h1-27H/i1D,2D,3D,4D,5D,6D,7D,8D,9D,10D,11D,12D,13D,14D,15D,16D,17D,18D,19D,20D,21D,22D,23D,24D,25D,26D,27D. The van der Waals surface area contributed by atoms with Crippen molar-refractivity contribution in [1.82, 2.24) is 15.0 Å². The monoisotopic (exact) mass is 668 g/mol. The lowest BCUT2D eigenvalue weighted by atomic mass is 9.89. The predicted octanol–water partition coefficient (Wildman–Crippen LogP) is 12.4. The lowest BCUT2D eigenvalue weighted by Crippen LogP contribution is -2.00. The Morgan fingerprint density at radius 3 is 1.82 bits per heavy atom. The highest BCUT2D eigenvalue weighted by atomic mass is 32.1. The van der Waals surface area contributed by atoms with Crippen LogP contribution in [0.3, 0.4) is 0 Å². The molecule has 0 N–H and O–H groups in total. The quantitative estimate of drug-likeness (QED) is 0.138. The summed E-state index contributed by atoms with van der Waals surface area (Å²) >= 11 is 0.658. The Kier molecular flexibility index (Phi) is 2.75. The summed E-state index contributed by atoms with van der Waals surface area (Å²) in [5, 5.41) is -3.94. The third-order valence-corrected chi connectivity index (χ3v) is 8.68. The van der Waals surface area contributed by atoms with Crippen LogP contribution < -0.4 is 0 Å². The summed E-state index contributed by atoms with van der Waals surface area (Å²) in [6.07, 6.45) is 0. The lowest BCUT2D eigenvalue weighted by Gasteiger charge is -2.14. The number of hydrogen-bond donors (Lipinski definition) is 0. The van der Waals surface area contributed by atoms with Crippen molar-refractivity contribution in [3.05, 3.63) is 163 Å². The fraction of sp³-hybridized carbons (Fsp3) is 0. The Hall–Kier alpha value is -6.23. The van der Waals surface area contributed by atoms with Gasteiger partial charge in [-0.05, 0) is 61.6 Å². The van der Waals surface area contributed by atoms with Gasteiger partial charge < -0.3 is 0 Å². The molecule has 228 valence electrons. The number of nitrogens with zero attached hydrogens (tertiary/aromatic N) is 3. The van der Waals surface area contributed by atoms with Crippen LogP contribution in [0.15, 0.2) is 163 Å². The van der Waals surface area contributed by atoms with Crippen LogP contribution in [-0.2, 0) is 0 Å². The molecule has 4 heteroatoms. The second kappa shape index (κ2) is 11.2. The van der Waals surface area contributed by atoms with Crippen LogP contribution in [0.1, 0.15) is 37.0 Å². The molecular formula is C45H27N3S. The molecular weight excluding hydrogens is 615 g/mol. The van der Waals surface area contributed by atoms with Crippen molar-refractivity contribution >= 4 is 63.8 Å². The SMILES string of the molecule is [2H]c1c([2H])c([2H])c(-c2nc(-c3c([2H])c([2H])c(-c4c5c([2H])c([2H])c([2H])c([2H])c5c([2H])c5c4c([2H])c([2H])c4c([2H])c([2H])c([2H])c([2H])c45)c([2H])c3[2H])nc(-c3c([2H])c([2H])c([2H])c4c3sc3c([2H])c([2H])c([2H])c([2H])c34)n2)c([2H])c1[2H]. The average molecular weight is 669 g/mol. The molecule has 3 nitrogen and oxygen atoms in total. The van der Waals surface area contributed by atoms with E-state index in [9.17, 15) is 8.22 Å². The summed E-state index contributed by atoms with van der Waals surface area (Å²) in [5.74, 6) is -2.32. The zero-order valence-electron chi connectivity index (χ0n) is 51.2. The van der Waals surface area contributed by atoms with Crippen molar-refractivity contribution in [2.24, 2.45) is 0 Å². The topological polar surface area (TPSA) is 38.7 Å². The smallest absolute Gasteiger partial charge is 0.165 e. The van der Waals surface area contributed by atoms with Gasteiger partial charge in [0.1, 0.15) is 0 Å². The van der Waals surface area contributed by atoms with Gasteiger partial charge in [-0.15, -0.1) is 11.3 Å². The van der Waals surface area contributed by atoms with Crippen molar-refractivity contribution in [2.75, 3.05) is 0 Å². The maximum absolute atomic E-state index is 9.62. The van der Waals surface area contributed by atoms with E-state index in [4.69, 9.17) is 28.8 Å². The molecule has 0 aliphatic carbocycles. The zero-order chi connectivity index (χ0) is 55.8. The van der Waals surface area contributed by atoms with Gasteiger partial charge in [-0.2, -0.15) is 0 Å². The van der Waals surface area contributed by atoms with E-state index < -0.39 is 241 Å². The summed E-state index contributed by atoms with van der Waals surface area (Å²) in [7, 11) is 0. The van der Waals surface area contributed by atoms with Crippen molar-refractivity contribution in [3.63, 3.8) is 0 Å². The third-order valence-electron chi connectivity index (χ3n) is 7.56. The van der Waals surface area contributed by atoms with Gasteiger partial charge in [0.05, 0.1) is 37.0 Å². The van der Waals surface area contributed by atoms with Crippen molar-refractivity contribution in [3.8, 4) is 45.3 Å². The van der Waals surface area contributed by atoms with Crippen molar-refractivity contribution < 1.29 is 37.0 Å². The van der Waals surface area contributed by atoms with E-state index in [1.165, 1.54) is 0 Å². The Bertz CT molecular complexity index is 4380. The summed E-state index contributed by atoms with van der Waals surface area (Å²) in [5.41, 5.74) is -3.46. The molecule has 0 amide bonds. The first-order valence-corrected chi connectivity index (χ1v) is 15.1. The largest absolute Gasteiger partial charge is 0.208 e. The number of benzene rings is 8. The number of rotatable bonds is 4. The molecule has 0 aliphatic heterocycles. The van der Waals surface area contributed by atoms with Crippen LogP contribution in [0.25, 0.3) is 97.8 Å². The van der Waals surface area contributed by atoms with E-state index >= 15 is 0 Å². The van der Waals surface area contributed by atoms with Gasteiger partial charge in [0.25, 0.3) is 0 Å². The van der Waals surface area contributed by atoms with Gasteiger partial charge in [0.2, 0.25) is 0 Å². The maximum atomic E-state index is 9.62. The molecule has 10 rings (SSSR count). The molecule has 0 atom stereocenters. The average Bonchev–Trinajstić information content (AvgIpc) is 3.80. The number of aromatic nitrogens is 3. The molecule has 10 aromatic rings. The van der Waals surface area contributed by atoms with Crippen LogP contribution in [0.5, 0.6) is 0 Å². The van der Waals surface area contributed by atoms with Gasteiger partial charge in [-0.3, -0.25) is 0 Å².